The van der Waals surface area contributed by atoms with Crippen LogP contribution in [0.4, 0.5) is 0 Å². The summed E-state index contributed by atoms with van der Waals surface area (Å²) >= 11 is 1.53. The van der Waals surface area contributed by atoms with Crippen LogP contribution in [0.15, 0.2) is 59.0 Å². The minimum absolute atomic E-state index is 0.108. The molecule has 0 atom stereocenters. The fraction of sp³-hybridized carbons (Fsp3) is 0.125. The Bertz CT molecular complexity index is 844. The Balaban J connectivity index is 1.68. The molecule has 0 aliphatic rings. The fourth-order valence-electron chi connectivity index (χ4n) is 2.01. The highest BCUT2D eigenvalue weighted by Crippen LogP contribution is 2.20. The second-order valence-corrected chi connectivity index (χ2v) is 5.77. The van der Waals surface area contributed by atoms with E-state index in [1.54, 1.807) is 18.5 Å². The summed E-state index contributed by atoms with van der Waals surface area (Å²) in [5.74, 6) is -0.264. The molecule has 1 N–H and O–H groups in total. The fourth-order valence-corrected chi connectivity index (χ4v) is 2.70. The van der Waals surface area contributed by atoms with E-state index in [4.69, 9.17) is 0 Å². The van der Waals surface area contributed by atoms with Gasteiger partial charge >= 0.3 is 0 Å². The topological polar surface area (TPSA) is 76.9 Å². The molecule has 0 fully saturated rings. The summed E-state index contributed by atoms with van der Waals surface area (Å²) in [6.07, 6.45) is 3.33. The van der Waals surface area contributed by atoms with Crippen LogP contribution in [0.5, 0.6) is 0 Å². The van der Waals surface area contributed by atoms with Crippen molar-refractivity contribution < 1.29 is 4.79 Å². The number of nitrogens with one attached hydrogen (secondary N) is 1. The van der Waals surface area contributed by atoms with Gasteiger partial charge in [0.25, 0.3) is 5.56 Å². The molecular formula is C16H14N4O2S. The lowest BCUT2D eigenvalue weighted by molar-refractivity contribution is -0.122. The zero-order valence-electron chi connectivity index (χ0n) is 12.2. The van der Waals surface area contributed by atoms with Gasteiger partial charge in [0.05, 0.1) is 4.88 Å². The molecule has 0 aliphatic heterocycles. The largest absolute Gasteiger partial charge is 0.350 e. The third-order valence-corrected chi connectivity index (χ3v) is 4.07. The summed E-state index contributed by atoms with van der Waals surface area (Å²) in [4.78, 5) is 28.8. The first-order valence-electron chi connectivity index (χ1n) is 7.00. The molecule has 0 unspecified atom stereocenters. The molecule has 3 rings (SSSR count). The molecule has 0 saturated heterocycles. The molecule has 3 aromatic rings. The Morgan fingerprint density at radius 3 is 2.74 bits per heavy atom. The first-order valence-corrected chi connectivity index (χ1v) is 7.88. The maximum absolute atomic E-state index is 12.0. The van der Waals surface area contributed by atoms with E-state index in [1.807, 2.05) is 29.6 Å². The predicted octanol–water partition coefficient (Wildman–Crippen LogP) is 1.68. The van der Waals surface area contributed by atoms with Gasteiger partial charge in [-0.2, -0.15) is 5.10 Å². The third-order valence-electron chi connectivity index (χ3n) is 3.17. The van der Waals surface area contributed by atoms with Crippen LogP contribution < -0.4 is 10.9 Å². The molecule has 0 radical (unpaired) electrons. The lowest BCUT2D eigenvalue weighted by atomic mass is 10.3. The molecule has 0 bridgehead atoms. The molecule has 0 aliphatic carbocycles. The van der Waals surface area contributed by atoms with Gasteiger partial charge in [0, 0.05) is 25.0 Å². The molecule has 0 saturated carbocycles. The van der Waals surface area contributed by atoms with Gasteiger partial charge in [-0.3, -0.25) is 14.6 Å². The standard InChI is InChI=1S/C16H14N4O2S/c21-15(18-10-12-5-7-17-8-6-12)11-20-16(22)4-3-13(19-20)14-2-1-9-23-14/h1-9H,10-11H2,(H,18,21). The minimum Gasteiger partial charge on any atom is -0.350 e. The van der Waals surface area contributed by atoms with Crippen molar-refractivity contribution in [3.8, 4) is 10.6 Å². The highest BCUT2D eigenvalue weighted by molar-refractivity contribution is 7.13. The van der Waals surface area contributed by atoms with Gasteiger partial charge in [-0.1, -0.05) is 6.07 Å². The number of thiophene rings is 1. The van der Waals surface area contributed by atoms with Crippen molar-refractivity contribution in [3.05, 3.63) is 70.1 Å². The number of rotatable bonds is 5. The number of aromatic nitrogens is 3. The van der Waals surface area contributed by atoms with E-state index in [-0.39, 0.29) is 18.0 Å². The maximum atomic E-state index is 12.0. The molecule has 3 aromatic heterocycles. The van der Waals surface area contributed by atoms with Gasteiger partial charge in [0.2, 0.25) is 5.91 Å². The van der Waals surface area contributed by atoms with Crippen LogP contribution in [0.2, 0.25) is 0 Å². The van der Waals surface area contributed by atoms with Gasteiger partial charge in [-0.25, -0.2) is 4.68 Å². The molecule has 3 heterocycles. The lowest BCUT2D eigenvalue weighted by Gasteiger charge is -2.07. The second kappa shape index (κ2) is 6.97. The van der Waals surface area contributed by atoms with E-state index in [1.165, 1.54) is 22.1 Å². The van der Waals surface area contributed by atoms with Crippen LogP contribution in [-0.2, 0) is 17.9 Å². The summed E-state index contributed by atoms with van der Waals surface area (Å²) in [5.41, 5.74) is 1.33. The van der Waals surface area contributed by atoms with E-state index >= 15 is 0 Å². The molecule has 23 heavy (non-hydrogen) atoms. The number of hydrogen-bond donors (Lipinski definition) is 1. The van der Waals surface area contributed by atoms with E-state index in [0.29, 0.717) is 12.2 Å². The monoisotopic (exact) mass is 326 g/mol. The number of amides is 1. The van der Waals surface area contributed by atoms with Crippen molar-refractivity contribution in [1.29, 1.82) is 0 Å². The third kappa shape index (κ3) is 3.89. The smallest absolute Gasteiger partial charge is 0.267 e. The van der Waals surface area contributed by atoms with Crippen molar-refractivity contribution in [3.63, 3.8) is 0 Å². The minimum atomic E-state index is -0.302. The van der Waals surface area contributed by atoms with E-state index in [0.717, 1.165) is 10.4 Å². The number of carbonyl (C=O) groups is 1. The Kier molecular flexibility index (Phi) is 4.58. The zero-order valence-corrected chi connectivity index (χ0v) is 13.0. The average molecular weight is 326 g/mol. The summed E-state index contributed by atoms with van der Waals surface area (Å²) in [6.45, 7) is 0.282. The van der Waals surface area contributed by atoms with Crippen LogP contribution in [0.25, 0.3) is 10.6 Å². The van der Waals surface area contributed by atoms with Gasteiger partial charge in [0.1, 0.15) is 12.2 Å². The normalized spacial score (nSPS) is 10.4. The van der Waals surface area contributed by atoms with E-state index in [2.05, 4.69) is 15.4 Å². The van der Waals surface area contributed by atoms with Crippen LogP contribution in [0.3, 0.4) is 0 Å². The predicted molar refractivity (Wildman–Crippen MR) is 87.9 cm³/mol. The first kappa shape index (κ1) is 15.1. The van der Waals surface area contributed by atoms with Crippen molar-refractivity contribution in [2.24, 2.45) is 0 Å². The molecule has 116 valence electrons. The SMILES string of the molecule is O=C(Cn1nc(-c2cccs2)ccc1=O)NCc1ccncc1. The Morgan fingerprint density at radius 1 is 1.17 bits per heavy atom. The molecular weight excluding hydrogens is 312 g/mol. The van der Waals surface area contributed by atoms with E-state index < -0.39 is 0 Å². The molecule has 0 spiro atoms. The first-order chi connectivity index (χ1) is 11.2. The molecule has 7 heteroatoms. The highest BCUT2D eigenvalue weighted by atomic mass is 32.1. The van der Waals surface area contributed by atoms with Crippen molar-refractivity contribution in [2.75, 3.05) is 0 Å². The van der Waals surface area contributed by atoms with Gasteiger partial charge in [-0.15, -0.1) is 11.3 Å². The summed E-state index contributed by atoms with van der Waals surface area (Å²) < 4.78 is 1.18. The van der Waals surface area contributed by atoms with Crippen molar-refractivity contribution >= 4 is 17.2 Å². The van der Waals surface area contributed by atoms with Gasteiger partial charge < -0.3 is 5.32 Å². The number of carbonyl (C=O) groups excluding carboxylic acids is 1. The average Bonchev–Trinajstić information content (AvgIpc) is 3.10. The van der Waals surface area contributed by atoms with Crippen molar-refractivity contribution in [2.45, 2.75) is 13.1 Å². The van der Waals surface area contributed by atoms with Crippen molar-refractivity contribution in [1.82, 2.24) is 20.1 Å². The zero-order chi connectivity index (χ0) is 16.1. The Hall–Kier alpha value is -2.80. The summed E-state index contributed by atoms with van der Waals surface area (Å²) in [5, 5.41) is 8.96. The van der Waals surface area contributed by atoms with Gasteiger partial charge in [-0.05, 0) is 35.2 Å². The molecule has 0 aromatic carbocycles. The van der Waals surface area contributed by atoms with E-state index in [9.17, 15) is 9.59 Å². The lowest BCUT2D eigenvalue weighted by Crippen LogP contribution is -2.33. The molecule has 6 nitrogen and oxygen atoms in total. The van der Waals surface area contributed by atoms with Crippen LogP contribution >= 0.6 is 11.3 Å². The second-order valence-electron chi connectivity index (χ2n) is 4.82. The Morgan fingerprint density at radius 2 is 2.00 bits per heavy atom. The summed E-state index contributed by atoms with van der Waals surface area (Å²) in [6, 6.07) is 10.6. The van der Waals surface area contributed by atoms with Crippen LogP contribution in [-0.4, -0.2) is 20.7 Å². The number of hydrogen-bond acceptors (Lipinski definition) is 5. The quantitative estimate of drug-likeness (QED) is 0.774. The van der Waals surface area contributed by atoms with Crippen LogP contribution in [0.1, 0.15) is 5.56 Å². The molecule has 1 amide bonds. The number of nitrogens with zero attached hydrogens (tertiary/aromatic N) is 3. The maximum Gasteiger partial charge on any atom is 0.267 e. The highest BCUT2D eigenvalue weighted by Gasteiger charge is 2.08. The number of pyridine rings is 1. The van der Waals surface area contributed by atoms with Crippen LogP contribution in [0, 0.1) is 0 Å². The van der Waals surface area contributed by atoms with Gasteiger partial charge in [0.15, 0.2) is 0 Å². The Labute approximate surface area is 136 Å². The summed E-state index contributed by atoms with van der Waals surface area (Å²) in [7, 11) is 0.